The van der Waals surface area contributed by atoms with Crippen molar-refractivity contribution in [3.8, 4) is 11.5 Å². The van der Waals surface area contributed by atoms with Crippen LogP contribution in [0.25, 0.3) is 0 Å². The van der Waals surface area contributed by atoms with Crippen molar-refractivity contribution in [3.63, 3.8) is 0 Å². The summed E-state index contributed by atoms with van der Waals surface area (Å²) in [7, 11) is 7.39. The quantitative estimate of drug-likeness (QED) is 0.764. The van der Waals surface area contributed by atoms with Gasteiger partial charge in [-0.3, -0.25) is 4.79 Å². The lowest BCUT2D eigenvalue weighted by Gasteiger charge is -2.39. The summed E-state index contributed by atoms with van der Waals surface area (Å²) >= 11 is 0. The summed E-state index contributed by atoms with van der Waals surface area (Å²) in [4.78, 5) is 17.8. The molecule has 0 saturated carbocycles. The van der Waals surface area contributed by atoms with Crippen LogP contribution in [0.15, 0.2) is 42.5 Å². The van der Waals surface area contributed by atoms with E-state index in [1.165, 1.54) is 0 Å². The molecule has 0 fully saturated rings. The summed E-state index contributed by atoms with van der Waals surface area (Å²) in [5.41, 5.74) is 3.10. The Bertz CT molecular complexity index is 820. The lowest BCUT2D eigenvalue weighted by atomic mass is 9.91. The molecule has 0 bridgehead atoms. The fraction of sp³-hybridized carbons (Fsp3) is 0.435. The Morgan fingerprint density at radius 2 is 1.79 bits per heavy atom. The minimum Gasteiger partial charge on any atom is -0.493 e. The molecule has 2 atom stereocenters. The van der Waals surface area contributed by atoms with E-state index in [0.717, 1.165) is 29.7 Å². The third kappa shape index (κ3) is 3.85. The van der Waals surface area contributed by atoms with Crippen molar-refractivity contribution in [2.24, 2.45) is 0 Å². The Morgan fingerprint density at radius 3 is 2.36 bits per heavy atom. The van der Waals surface area contributed by atoms with E-state index in [4.69, 9.17) is 9.47 Å². The van der Waals surface area contributed by atoms with E-state index in [1.807, 2.05) is 47.4 Å². The van der Waals surface area contributed by atoms with Crippen LogP contribution in [-0.4, -0.2) is 51.7 Å². The summed E-state index contributed by atoms with van der Waals surface area (Å²) in [5, 5.41) is 0. The number of hydrogen-bond donors (Lipinski definition) is 0. The highest BCUT2D eigenvalue weighted by Crippen LogP contribution is 2.40. The number of benzene rings is 2. The molecule has 3 rings (SSSR count). The molecule has 0 N–H and O–H groups in total. The van der Waals surface area contributed by atoms with Gasteiger partial charge < -0.3 is 19.3 Å². The second-order valence-electron chi connectivity index (χ2n) is 7.48. The van der Waals surface area contributed by atoms with Crippen molar-refractivity contribution in [3.05, 3.63) is 53.6 Å². The monoisotopic (exact) mass is 382 g/mol. The van der Waals surface area contributed by atoms with Crippen molar-refractivity contribution in [2.75, 3.05) is 39.8 Å². The van der Waals surface area contributed by atoms with Gasteiger partial charge in [0.1, 0.15) is 0 Å². The maximum Gasteiger partial charge on any atom is 0.234 e. The molecule has 1 heterocycles. The highest BCUT2D eigenvalue weighted by atomic mass is 16.5. The Morgan fingerprint density at radius 1 is 1.14 bits per heavy atom. The van der Waals surface area contributed by atoms with Crippen molar-refractivity contribution in [1.82, 2.24) is 4.90 Å². The van der Waals surface area contributed by atoms with Gasteiger partial charge in [0.15, 0.2) is 11.5 Å². The van der Waals surface area contributed by atoms with Crippen molar-refractivity contribution in [1.29, 1.82) is 0 Å². The van der Waals surface area contributed by atoms with Crippen LogP contribution in [0.3, 0.4) is 0 Å². The van der Waals surface area contributed by atoms with Crippen molar-refractivity contribution < 1.29 is 14.3 Å². The fourth-order valence-electron chi connectivity index (χ4n) is 3.93. The normalized spacial score (nSPS) is 17.2. The molecule has 2 unspecified atom stereocenters. The van der Waals surface area contributed by atoms with Crippen LogP contribution in [0.2, 0.25) is 0 Å². The average molecular weight is 383 g/mol. The lowest BCUT2D eigenvalue weighted by molar-refractivity contribution is -0.120. The first-order chi connectivity index (χ1) is 13.5. The molecule has 1 amide bonds. The summed E-state index contributed by atoms with van der Waals surface area (Å²) in [6.07, 6.45) is 1.63. The van der Waals surface area contributed by atoms with Gasteiger partial charge in [-0.15, -0.1) is 0 Å². The van der Waals surface area contributed by atoms with Gasteiger partial charge in [-0.2, -0.15) is 0 Å². The molecule has 0 radical (unpaired) electrons. The predicted molar refractivity (Wildman–Crippen MR) is 113 cm³/mol. The van der Waals surface area contributed by atoms with E-state index in [-0.39, 0.29) is 17.9 Å². The van der Waals surface area contributed by atoms with Crippen LogP contribution < -0.4 is 14.4 Å². The fourth-order valence-corrected chi connectivity index (χ4v) is 3.93. The minimum atomic E-state index is -0.164. The van der Waals surface area contributed by atoms with E-state index in [0.29, 0.717) is 18.0 Å². The predicted octanol–water partition coefficient (Wildman–Crippen LogP) is 3.72. The van der Waals surface area contributed by atoms with E-state index in [1.54, 1.807) is 14.2 Å². The zero-order chi connectivity index (χ0) is 20.3. The molecular weight excluding hydrogens is 352 g/mol. The number of ether oxygens (including phenoxy) is 2. The first-order valence-electron chi connectivity index (χ1n) is 9.77. The lowest BCUT2D eigenvalue weighted by Crippen LogP contribution is -2.49. The number of carbonyl (C=O) groups excluding carboxylic acids is 1. The molecule has 2 aromatic carbocycles. The number of methoxy groups -OCH3 is 2. The number of carbonyl (C=O) groups is 1. The van der Waals surface area contributed by atoms with Crippen LogP contribution in [-0.2, 0) is 11.2 Å². The molecule has 1 aliphatic heterocycles. The smallest absolute Gasteiger partial charge is 0.234 e. The Labute approximate surface area is 167 Å². The third-order valence-electron chi connectivity index (χ3n) is 5.63. The van der Waals surface area contributed by atoms with E-state index >= 15 is 0 Å². The summed E-state index contributed by atoms with van der Waals surface area (Å²) in [5.74, 6) is 1.31. The molecule has 5 heteroatoms. The second kappa shape index (κ2) is 8.65. The number of rotatable bonds is 6. The van der Waals surface area contributed by atoms with Gasteiger partial charge >= 0.3 is 0 Å². The molecule has 2 aromatic rings. The molecule has 0 aromatic heterocycles. The van der Waals surface area contributed by atoms with Crippen molar-refractivity contribution >= 4 is 11.6 Å². The van der Waals surface area contributed by atoms with Gasteiger partial charge in [0.05, 0.1) is 25.8 Å². The Balaban J connectivity index is 2.05. The first kappa shape index (κ1) is 20.2. The Kier molecular flexibility index (Phi) is 6.25. The number of hydrogen-bond acceptors (Lipinski definition) is 4. The zero-order valence-electron chi connectivity index (χ0n) is 17.4. The number of anilines is 1. The van der Waals surface area contributed by atoms with Gasteiger partial charge in [-0.05, 0) is 44.1 Å². The maximum absolute atomic E-state index is 13.7. The number of amides is 1. The molecule has 0 saturated heterocycles. The number of nitrogens with zero attached hydrogens (tertiary/aromatic N) is 2. The van der Waals surface area contributed by atoms with E-state index < -0.39 is 0 Å². The van der Waals surface area contributed by atoms with E-state index in [9.17, 15) is 4.79 Å². The Hall–Kier alpha value is -2.53. The van der Waals surface area contributed by atoms with Gasteiger partial charge in [0.2, 0.25) is 5.91 Å². The molecule has 1 aliphatic rings. The molecule has 5 nitrogen and oxygen atoms in total. The standard InChI is InChI=1S/C23H30N2O3/c1-6-19(16-10-8-7-9-11-16)23(26)25-15-18(24(2)3)12-17-13-21(27-4)22(28-5)14-20(17)25/h7-11,13-14,18-19H,6,12,15H2,1-5H3. The van der Waals surface area contributed by atoms with E-state index in [2.05, 4.69) is 25.9 Å². The highest BCUT2D eigenvalue weighted by Gasteiger charge is 2.34. The summed E-state index contributed by atoms with van der Waals surface area (Å²) in [6.45, 7) is 2.73. The van der Waals surface area contributed by atoms with Crippen LogP contribution in [0.4, 0.5) is 5.69 Å². The largest absolute Gasteiger partial charge is 0.493 e. The average Bonchev–Trinajstić information content (AvgIpc) is 2.72. The van der Waals surface area contributed by atoms with Gasteiger partial charge in [0, 0.05) is 18.7 Å². The van der Waals surface area contributed by atoms with Gasteiger partial charge in [-0.25, -0.2) is 0 Å². The van der Waals surface area contributed by atoms with Crippen LogP contribution in [0.1, 0.15) is 30.4 Å². The molecule has 150 valence electrons. The van der Waals surface area contributed by atoms with Gasteiger partial charge in [-0.1, -0.05) is 37.3 Å². The summed E-state index contributed by atoms with van der Waals surface area (Å²) in [6, 6.07) is 14.2. The van der Waals surface area contributed by atoms with Crippen LogP contribution in [0, 0.1) is 0 Å². The topological polar surface area (TPSA) is 42.0 Å². The highest BCUT2D eigenvalue weighted by molar-refractivity contribution is 5.99. The molecular formula is C23H30N2O3. The van der Waals surface area contributed by atoms with Crippen molar-refractivity contribution in [2.45, 2.75) is 31.7 Å². The second-order valence-corrected chi connectivity index (χ2v) is 7.48. The number of likely N-dealkylation sites (N-methyl/N-ethyl adjacent to an activating group) is 1. The summed E-state index contributed by atoms with van der Waals surface area (Å²) < 4.78 is 11.0. The molecule has 28 heavy (non-hydrogen) atoms. The third-order valence-corrected chi connectivity index (χ3v) is 5.63. The van der Waals surface area contributed by atoms with Gasteiger partial charge in [0.25, 0.3) is 0 Å². The number of fused-ring (bicyclic) bond motifs is 1. The zero-order valence-corrected chi connectivity index (χ0v) is 17.4. The molecule has 0 spiro atoms. The SMILES string of the molecule is CCC(C(=O)N1CC(N(C)C)Cc2cc(OC)c(OC)cc21)c1ccccc1. The molecule has 0 aliphatic carbocycles. The first-order valence-corrected chi connectivity index (χ1v) is 9.77. The maximum atomic E-state index is 13.7. The van der Waals surface area contributed by atoms with Crippen LogP contribution in [0.5, 0.6) is 11.5 Å². The minimum absolute atomic E-state index is 0.133. The van der Waals surface area contributed by atoms with Crippen LogP contribution >= 0.6 is 0 Å².